The molecule has 4 saturated carbocycles. The third-order valence-corrected chi connectivity index (χ3v) is 11.1. The minimum absolute atomic E-state index is 0.0818. The van der Waals surface area contributed by atoms with Gasteiger partial charge in [-0.2, -0.15) is 0 Å². The number of piperidine rings is 1. The Morgan fingerprint density at radius 3 is 2.75 bits per heavy atom. The number of methoxy groups -OCH3 is 1. The minimum atomic E-state index is -0.875. The second kappa shape index (κ2) is 7.49. The molecule has 6 unspecified atom stereocenters. The van der Waals surface area contributed by atoms with Crippen LogP contribution in [-0.2, 0) is 23.2 Å². The van der Waals surface area contributed by atoms with Crippen molar-refractivity contribution >= 4 is 0 Å². The highest BCUT2D eigenvalue weighted by Crippen LogP contribution is 2.76. The Labute approximate surface area is 213 Å². The van der Waals surface area contributed by atoms with Gasteiger partial charge in [-0.1, -0.05) is 36.4 Å². The molecule has 2 heterocycles. The summed E-state index contributed by atoms with van der Waals surface area (Å²) in [6, 6.07) is 15.3. The van der Waals surface area contributed by atoms with Crippen molar-refractivity contribution < 1.29 is 19.3 Å². The van der Waals surface area contributed by atoms with Crippen LogP contribution in [0.5, 0.6) is 11.5 Å². The van der Waals surface area contributed by atoms with E-state index in [9.17, 15) is 5.11 Å². The molecule has 5 nitrogen and oxygen atoms in total. The van der Waals surface area contributed by atoms with Crippen molar-refractivity contribution in [1.82, 2.24) is 4.90 Å². The third-order valence-electron chi connectivity index (χ3n) is 11.1. The largest absolute Gasteiger partial charge is 0.493 e. The van der Waals surface area contributed by atoms with E-state index < -0.39 is 5.60 Å². The Bertz CT molecular complexity index is 1200. The van der Waals surface area contributed by atoms with E-state index in [1.165, 1.54) is 36.1 Å². The van der Waals surface area contributed by atoms with Crippen LogP contribution in [0, 0.1) is 17.3 Å². The SMILES string of the molecule is COc1ccc2c3c1OC1C4(O)CCC5(CC4COCc4ccccc4)C(C2)N(CC2CC2)CCC315. The van der Waals surface area contributed by atoms with Gasteiger partial charge in [-0.25, -0.2) is 0 Å². The highest BCUT2D eigenvalue weighted by atomic mass is 16.5. The van der Waals surface area contributed by atoms with Crippen LogP contribution in [0.2, 0.25) is 0 Å². The van der Waals surface area contributed by atoms with Crippen LogP contribution in [0.25, 0.3) is 0 Å². The van der Waals surface area contributed by atoms with Crippen molar-refractivity contribution in [2.24, 2.45) is 17.3 Å². The number of rotatable bonds is 7. The van der Waals surface area contributed by atoms with Crippen molar-refractivity contribution in [2.75, 3.05) is 26.8 Å². The van der Waals surface area contributed by atoms with Gasteiger partial charge in [0.1, 0.15) is 11.7 Å². The molecule has 4 bridgehead atoms. The number of aliphatic hydroxyl groups is 1. The molecule has 0 aromatic heterocycles. The molecule has 0 amide bonds. The summed E-state index contributed by atoms with van der Waals surface area (Å²) in [5, 5.41) is 12.5. The van der Waals surface area contributed by atoms with Gasteiger partial charge in [-0.15, -0.1) is 0 Å². The molecule has 1 N–H and O–H groups in total. The maximum atomic E-state index is 12.5. The Balaban J connectivity index is 1.21. The Hall–Kier alpha value is -2.08. The fourth-order valence-electron chi connectivity index (χ4n) is 9.44. The van der Waals surface area contributed by atoms with Gasteiger partial charge in [0, 0.05) is 34.9 Å². The molecule has 0 radical (unpaired) electrons. The predicted molar refractivity (Wildman–Crippen MR) is 136 cm³/mol. The molecule has 5 heteroatoms. The number of fused-ring (bicyclic) bond motifs is 2. The number of ether oxygens (including phenoxy) is 3. The van der Waals surface area contributed by atoms with E-state index >= 15 is 0 Å². The lowest BCUT2D eigenvalue weighted by Crippen LogP contribution is -2.81. The van der Waals surface area contributed by atoms with Crippen LogP contribution in [0.3, 0.4) is 0 Å². The molecular weight excluding hydrogens is 450 g/mol. The van der Waals surface area contributed by atoms with Gasteiger partial charge in [0.15, 0.2) is 11.5 Å². The van der Waals surface area contributed by atoms with Crippen LogP contribution in [0.4, 0.5) is 0 Å². The summed E-state index contributed by atoms with van der Waals surface area (Å²) >= 11 is 0. The molecule has 2 spiro atoms. The topological polar surface area (TPSA) is 51.2 Å². The summed E-state index contributed by atoms with van der Waals surface area (Å²) in [5.41, 5.74) is 3.14. The van der Waals surface area contributed by atoms with Crippen molar-refractivity contribution in [1.29, 1.82) is 0 Å². The second-order valence-electron chi connectivity index (χ2n) is 12.6. The van der Waals surface area contributed by atoms with Crippen LogP contribution >= 0.6 is 0 Å². The summed E-state index contributed by atoms with van der Waals surface area (Å²) in [5.74, 6) is 2.71. The molecule has 1 saturated heterocycles. The number of nitrogens with zero attached hydrogens (tertiary/aromatic N) is 1. The van der Waals surface area contributed by atoms with Gasteiger partial charge >= 0.3 is 0 Å². The zero-order chi connectivity index (χ0) is 24.1. The summed E-state index contributed by atoms with van der Waals surface area (Å²) in [4.78, 5) is 2.85. The smallest absolute Gasteiger partial charge is 0.165 e. The molecule has 9 rings (SSSR count). The van der Waals surface area contributed by atoms with Gasteiger partial charge in [0.25, 0.3) is 0 Å². The minimum Gasteiger partial charge on any atom is -0.493 e. The molecule has 36 heavy (non-hydrogen) atoms. The standard InChI is InChI=1S/C31H37NO4/c1-34-24-10-9-22-15-25-29-11-12-31(33,23(16-29)19-35-18-21-5-3-2-4-6-21)28-30(29,26(22)27(24)36-28)13-14-32(25)17-20-7-8-20/h2-6,9-10,20,23,25,28,33H,7-8,11-19H2,1H3. The fourth-order valence-corrected chi connectivity index (χ4v) is 9.44. The van der Waals surface area contributed by atoms with E-state index in [2.05, 4.69) is 41.3 Å². The first-order valence-electron chi connectivity index (χ1n) is 14.0. The van der Waals surface area contributed by atoms with E-state index in [0.717, 1.165) is 56.1 Å². The first-order chi connectivity index (χ1) is 17.6. The van der Waals surface area contributed by atoms with Crippen molar-refractivity contribution in [2.45, 2.75) is 74.7 Å². The molecule has 5 aliphatic carbocycles. The van der Waals surface area contributed by atoms with Gasteiger partial charge in [-0.05, 0) is 74.6 Å². The average Bonchev–Trinajstić information content (AvgIpc) is 3.64. The monoisotopic (exact) mass is 487 g/mol. The fraction of sp³-hybridized carbons (Fsp3) is 0.613. The number of benzene rings is 2. The summed E-state index contributed by atoms with van der Waals surface area (Å²) < 4.78 is 19.0. The summed E-state index contributed by atoms with van der Waals surface area (Å²) in [7, 11) is 1.74. The lowest BCUT2D eigenvalue weighted by Gasteiger charge is -2.73. The Kier molecular flexibility index (Phi) is 4.57. The maximum absolute atomic E-state index is 12.5. The first-order valence-corrected chi connectivity index (χ1v) is 14.0. The zero-order valence-corrected chi connectivity index (χ0v) is 21.2. The van der Waals surface area contributed by atoms with Crippen LogP contribution in [0.1, 0.15) is 55.2 Å². The third kappa shape index (κ3) is 2.67. The van der Waals surface area contributed by atoms with Crippen LogP contribution in [0.15, 0.2) is 42.5 Å². The van der Waals surface area contributed by atoms with E-state index in [1.807, 2.05) is 6.07 Å². The average molecular weight is 488 g/mol. The van der Waals surface area contributed by atoms with Gasteiger partial charge < -0.3 is 19.3 Å². The van der Waals surface area contributed by atoms with E-state index in [4.69, 9.17) is 14.2 Å². The molecule has 7 aliphatic rings. The van der Waals surface area contributed by atoms with Crippen molar-refractivity contribution in [3.63, 3.8) is 0 Å². The van der Waals surface area contributed by atoms with Crippen LogP contribution in [-0.4, -0.2) is 54.6 Å². The van der Waals surface area contributed by atoms with E-state index in [0.29, 0.717) is 19.3 Å². The molecule has 2 aliphatic heterocycles. The molecule has 190 valence electrons. The molecule has 2 aromatic rings. The highest BCUT2D eigenvalue weighted by molar-refractivity contribution is 5.63. The normalized spacial score (nSPS) is 39.6. The molecule has 2 aromatic carbocycles. The summed E-state index contributed by atoms with van der Waals surface area (Å²) in [6.07, 6.45) is 7.65. The van der Waals surface area contributed by atoms with Gasteiger partial charge in [0.05, 0.1) is 20.3 Å². The van der Waals surface area contributed by atoms with Crippen molar-refractivity contribution in [3.05, 3.63) is 59.2 Å². The number of hydrogen-bond acceptors (Lipinski definition) is 5. The van der Waals surface area contributed by atoms with Gasteiger partial charge in [0.2, 0.25) is 0 Å². The number of likely N-dealkylation sites (tertiary alicyclic amines) is 1. The highest BCUT2D eigenvalue weighted by Gasteiger charge is 2.80. The van der Waals surface area contributed by atoms with Crippen LogP contribution < -0.4 is 9.47 Å². The van der Waals surface area contributed by atoms with E-state index in [-0.39, 0.29) is 22.9 Å². The lowest BCUT2D eigenvalue weighted by atomic mass is 9.35. The van der Waals surface area contributed by atoms with Crippen molar-refractivity contribution in [3.8, 4) is 11.5 Å². The molecule has 5 fully saturated rings. The second-order valence-corrected chi connectivity index (χ2v) is 12.6. The first kappa shape index (κ1) is 22.0. The zero-order valence-electron chi connectivity index (χ0n) is 21.2. The quantitative estimate of drug-likeness (QED) is 0.624. The predicted octanol–water partition coefficient (Wildman–Crippen LogP) is 4.48. The Morgan fingerprint density at radius 1 is 1.08 bits per heavy atom. The number of hydrogen-bond donors (Lipinski definition) is 1. The maximum Gasteiger partial charge on any atom is 0.165 e. The molecule has 6 atom stereocenters. The Morgan fingerprint density at radius 2 is 1.94 bits per heavy atom. The van der Waals surface area contributed by atoms with Gasteiger partial charge in [-0.3, -0.25) is 4.90 Å². The summed E-state index contributed by atoms with van der Waals surface area (Å²) in [6.45, 7) is 3.53. The van der Waals surface area contributed by atoms with E-state index in [1.54, 1.807) is 7.11 Å². The lowest BCUT2D eigenvalue weighted by molar-refractivity contribution is -0.275. The molecular formula is C31H37NO4.